The van der Waals surface area contributed by atoms with Crippen molar-refractivity contribution in [2.75, 3.05) is 20.3 Å². The smallest absolute Gasteiger partial charge is 0.258 e. The molecule has 5 nitrogen and oxygen atoms in total. The predicted octanol–water partition coefficient (Wildman–Crippen LogP) is 0.961. The first kappa shape index (κ1) is 14.3. The van der Waals surface area contributed by atoms with Crippen LogP contribution in [0.3, 0.4) is 0 Å². The maximum Gasteiger partial charge on any atom is 0.258 e. The van der Waals surface area contributed by atoms with Gasteiger partial charge in [0.15, 0.2) is 6.61 Å². The second-order valence-electron chi connectivity index (χ2n) is 4.56. The first-order valence-corrected chi connectivity index (χ1v) is 5.65. The normalized spacial score (nSPS) is 10.9. The van der Waals surface area contributed by atoms with E-state index in [1.165, 1.54) is 0 Å². The lowest BCUT2D eigenvalue weighted by atomic mass is 10.1. The van der Waals surface area contributed by atoms with E-state index in [0.717, 1.165) is 0 Å². The summed E-state index contributed by atoms with van der Waals surface area (Å²) in [5.41, 5.74) is -0.644. The standard InChI is InChI=1S/C13H19NO4/c1-13(2,9-15)14-12(16)8-18-11-6-4-5-10(7-11)17-3/h4-7,15H,8-9H2,1-3H3,(H,14,16). The van der Waals surface area contributed by atoms with Crippen LogP contribution in [-0.2, 0) is 4.79 Å². The Labute approximate surface area is 107 Å². The Kier molecular flexibility index (Phi) is 4.97. The summed E-state index contributed by atoms with van der Waals surface area (Å²) < 4.78 is 10.4. The van der Waals surface area contributed by atoms with Crippen LogP contribution in [0, 0.1) is 0 Å². The molecule has 1 aromatic carbocycles. The molecule has 0 unspecified atom stereocenters. The molecule has 0 fully saturated rings. The van der Waals surface area contributed by atoms with Gasteiger partial charge in [0.1, 0.15) is 11.5 Å². The third kappa shape index (κ3) is 4.63. The Balaban J connectivity index is 2.47. The lowest BCUT2D eigenvalue weighted by molar-refractivity contribution is -0.125. The van der Waals surface area contributed by atoms with E-state index >= 15 is 0 Å². The minimum Gasteiger partial charge on any atom is -0.497 e. The Morgan fingerprint density at radius 3 is 2.67 bits per heavy atom. The monoisotopic (exact) mass is 253 g/mol. The van der Waals surface area contributed by atoms with E-state index in [4.69, 9.17) is 14.6 Å². The largest absolute Gasteiger partial charge is 0.497 e. The molecule has 0 aliphatic heterocycles. The minimum atomic E-state index is -0.644. The predicted molar refractivity (Wildman–Crippen MR) is 67.8 cm³/mol. The molecular weight excluding hydrogens is 234 g/mol. The van der Waals surface area contributed by atoms with E-state index in [9.17, 15) is 4.79 Å². The van der Waals surface area contributed by atoms with Gasteiger partial charge in [0, 0.05) is 6.07 Å². The van der Waals surface area contributed by atoms with Gasteiger partial charge >= 0.3 is 0 Å². The molecule has 0 saturated carbocycles. The number of hydrogen-bond donors (Lipinski definition) is 2. The summed E-state index contributed by atoms with van der Waals surface area (Å²) in [7, 11) is 1.57. The fourth-order valence-corrected chi connectivity index (χ4v) is 1.29. The fraction of sp³-hybridized carbons (Fsp3) is 0.462. The van der Waals surface area contributed by atoms with Crippen LogP contribution in [0.5, 0.6) is 11.5 Å². The van der Waals surface area contributed by atoms with Gasteiger partial charge in [-0.3, -0.25) is 4.79 Å². The Bertz CT molecular complexity index is 404. The molecule has 1 rings (SSSR count). The zero-order valence-corrected chi connectivity index (χ0v) is 10.9. The second kappa shape index (κ2) is 6.26. The molecule has 18 heavy (non-hydrogen) atoms. The van der Waals surface area contributed by atoms with Gasteiger partial charge in [0.2, 0.25) is 0 Å². The molecule has 0 atom stereocenters. The van der Waals surface area contributed by atoms with Crippen molar-refractivity contribution in [1.82, 2.24) is 5.32 Å². The van der Waals surface area contributed by atoms with Crippen LogP contribution >= 0.6 is 0 Å². The Hall–Kier alpha value is -1.75. The maximum absolute atomic E-state index is 11.6. The van der Waals surface area contributed by atoms with Gasteiger partial charge in [-0.1, -0.05) is 6.07 Å². The quantitative estimate of drug-likeness (QED) is 0.792. The summed E-state index contributed by atoms with van der Waals surface area (Å²) in [4.78, 5) is 11.6. The third-order valence-corrected chi connectivity index (χ3v) is 2.28. The van der Waals surface area contributed by atoms with E-state index in [2.05, 4.69) is 5.32 Å². The molecule has 0 radical (unpaired) electrons. The van der Waals surface area contributed by atoms with Crippen molar-refractivity contribution in [1.29, 1.82) is 0 Å². The lowest BCUT2D eigenvalue weighted by Gasteiger charge is -2.23. The average Bonchev–Trinajstić information content (AvgIpc) is 2.36. The number of hydrogen-bond acceptors (Lipinski definition) is 4. The maximum atomic E-state index is 11.6. The van der Waals surface area contributed by atoms with Crippen LogP contribution in [0.15, 0.2) is 24.3 Å². The highest BCUT2D eigenvalue weighted by Gasteiger charge is 2.19. The summed E-state index contributed by atoms with van der Waals surface area (Å²) in [6, 6.07) is 7.02. The number of aliphatic hydroxyl groups is 1. The van der Waals surface area contributed by atoms with Gasteiger partial charge in [0.25, 0.3) is 5.91 Å². The molecule has 0 aliphatic rings. The zero-order chi connectivity index (χ0) is 13.6. The van der Waals surface area contributed by atoms with E-state index in [1.54, 1.807) is 45.2 Å². The number of benzene rings is 1. The van der Waals surface area contributed by atoms with Gasteiger partial charge in [-0.2, -0.15) is 0 Å². The van der Waals surface area contributed by atoms with Crippen molar-refractivity contribution >= 4 is 5.91 Å². The van der Waals surface area contributed by atoms with Gasteiger partial charge in [-0.05, 0) is 26.0 Å². The first-order valence-electron chi connectivity index (χ1n) is 5.65. The lowest BCUT2D eigenvalue weighted by Crippen LogP contribution is -2.48. The number of ether oxygens (including phenoxy) is 2. The van der Waals surface area contributed by atoms with Crippen LogP contribution in [-0.4, -0.2) is 36.9 Å². The van der Waals surface area contributed by atoms with Crippen molar-refractivity contribution < 1.29 is 19.4 Å². The highest BCUT2D eigenvalue weighted by atomic mass is 16.5. The number of rotatable bonds is 6. The van der Waals surface area contributed by atoms with E-state index < -0.39 is 5.54 Å². The molecule has 0 aliphatic carbocycles. The number of carbonyl (C=O) groups excluding carboxylic acids is 1. The van der Waals surface area contributed by atoms with Gasteiger partial charge in [0.05, 0.1) is 19.3 Å². The topological polar surface area (TPSA) is 67.8 Å². The van der Waals surface area contributed by atoms with Crippen LogP contribution in [0.25, 0.3) is 0 Å². The average molecular weight is 253 g/mol. The molecular formula is C13H19NO4. The number of carbonyl (C=O) groups is 1. The summed E-state index contributed by atoms with van der Waals surface area (Å²) in [5.74, 6) is 0.951. The van der Waals surface area contributed by atoms with Crippen molar-refractivity contribution in [2.45, 2.75) is 19.4 Å². The SMILES string of the molecule is COc1cccc(OCC(=O)NC(C)(C)CO)c1. The number of amides is 1. The van der Waals surface area contributed by atoms with Crippen LogP contribution in [0.2, 0.25) is 0 Å². The van der Waals surface area contributed by atoms with Crippen LogP contribution in [0.1, 0.15) is 13.8 Å². The molecule has 5 heteroatoms. The summed E-state index contributed by atoms with van der Waals surface area (Å²) in [6.07, 6.45) is 0. The van der Waals surface area contributed by atoms with Crippen LogP contribution < -0.4 is 14.8 Å². The van der Waals surface area contributed by atoms with Gasteiger partial charge < -0.3 is 19.9 Å². The fourth-order valence-electron chi connectivity index (χ4n) is 1.29. The molecule has 0 saturated heterocycles. The summed E-state index contributed by atoms with van der Waals surface area (Å²) >= 11 is 0. The van der Waals surface area contributed by atoms with E-state index in [1.807, 2.05) is 0 Å². The van der Waals surface area contributed by atoms with E-state index in [-0.39, 0.29) is 19.1 Å². The zero-order valence-electron chi connectivity index (χ0n) is 10.9. The molecule has 100 valence electrons. The number of aliphatic hydroxyl groups excluding tert-OH is 1. The van der Waals surface area contributed by atoms with Crippen molar-refractivity contribution in [3.05, 3.63) is 24.3 Å². The minimum absolute atomic E-state index is 0.101. The summed E-state index contributed by atoms with van der Waals surface area (Å²) in [6.45, 7) is 3.24. The van der Waals surface area contributed by atoms with Gasteiger partial charge in [-0.15, -0.1) is 0 Å². The van der Waals surface area contributed by atoms with Crippen LogP contribution in [0.4, 0.5) is 0 Å². The number of methoxy groups -OCH3 is 1. The van der Waals surface area contributed by atoms with E-state index in [0.29, 0.717) is 11.5 Å². The highest BCUT2D eigenvalue weighted by molar-refractivity contribution is 5.78. The molecule has 2 N–H and O–H groups in total. The van der Waals surface area contributed by atoms with Crippen molar-refractivity contribution in [3.63, 3.8) is 0 Å². The second-order valence-corrected chi connectivity index (χ2v) is 4.56. The third-order valence-electron chi connectivity index (χ3n) is 2.28. The first-order chi connectivity index (χ1) is 8.46. The van der Waals surface area contributed by atoms with Gasteiger partial charge in [-0.25, -0.2) is 0 Å². The molecule has 0 bridgehead atoms. The molecule has 0 heterocycles. The van der Waals surface area contributed by atoms with Crippen molar-refractivity contribution in [3.8, 4) is 11.5 Å². The molecule has 1 aromatic rings. The molecule has 0 aromatic heterocycles. The Morgan fingerprint density at radius 1 is 1.39 bits per heavy atom. The Morgan fingerprint density at radius 2 is 2.06 bits per heavy atom. The number of nitrogens with one attached hydrogen (secondary N) is 1. The molecule has 0 spiro atoms. The highest BCUT2D eigenvalue weighted by Crippen LogP contribution is 2.18. The summed E-state index contributed by atoms with van der Waals surface area (Å²) in [5, 5.41) is 11.7. The van der Waals surface area contributed by atoms with Crippen molar-refractivity contribution in [2.24, 2.45) is 0 Å². The molecule has 1 amide bonds.